The molecule has 0 fully saturated rings. The third-order valence-electron chi connectivity index (χ3n) is 2.60. The Hall–Kier alpha value is -1.80. The van der Waals surface area contributed by atoms with Crippen molar-refractivity contribution in [2.75, 3.05) is 6.54 Å². The second kappa shape index (κ2) is 4.81. The van der Waals surface area contributed by atoms with E-state index >= 15 is 0 Å². The SMILES string of the molecule is NCCc1cc(-c2ccccc2)ccc1O. The van der Waals surface area contributed by atoms with E-state index in [9.17, 15) is 5.11 Å². The molecule has 0 saturated heterocycles. The Bertz CT molecular complexity index is 465. The lowest BCUT2D eigenvalue weighted by Gasteiger charge is -2.07. The molecule has 3 N–H and O–H groups in total. The monoisotopic (exact) mass is 213 g/mol. The molecule has 0 aliphatic heterocycles. The van der Waals surface area contributed by atoms with Gasteiger partial charge in [0.1, 0.15) is 5.75 Å². The first-order valence-electron chi connectivity index (χ1n) is 5.38. The van der Waals surface area contributed by atoms with Crippen LogP contribution in [0, 0.1) is 0 Å². The number of aromatic hydroxyl groups is 1. The normalized spacial score (nSPS) is 10.3. The number of benzene rings is 2. The second-order valence-corrected chi connectivity index (χ2v) is 3.75. The highest BCUT2D eigenvalue weighted by atomic mass is 16.3. The van der Waals surface area contributed by atoms with Gasteiger partial charge in [-0.15, -0.1) is 0 Å². The minimum atomic E-state index is 0.324. The highest BCUT2D eigenvalue weighted by Gasteiger charge is 2.03. The summed E-state index contributed by atoms with van der Waals surface area (Å²) in [7, 11) is 0. The molecule has 0 amide bonds. The first-order chi connectivity index (χ1) is 7.81. The van der Waals surface area contributed by atoms with Gasteiger partial charge >= 0.3 is 0 Å². The Morgan fingerprint density at radius 2 is 1.69 bits per heavy atom. The van der Waals surface area contributed by atoms with E-state index in [1.165, 1.54) is 0 Å². The van der Waals surface area contributed by atoms with Crippen LogP contribution in [0.4, 0.5) is 0 Å². The number of phenols is 1. The van der Waals surface area contributed by atoms with Crippen molar-refractivity contribution in [3.05, 3.63) is 54.1 Å². The fourth-order valence-corrected chi connectivity index (χ4v) is 1.75. The Morgan fingerprint density at radius 3 is 2.38 bits per heavy atom. The van der Waals surface area contributed by atoms with Crippen LogP contribution in [0.15, 0.2) is 48.5 Å². The minimum Gasteiger partial charge on any atom is -0.508 e. The zero-order valence-electron chi connectivity index (χ0n) is 9.06. The van der Waals surface area contributed by atoms with E-state index < -0.39 is 0 Å². The van der Waals surface area contributed by atoms with E-state index in [2.05, 4.69) is 12.1 Å². The lowest BCUT2D eigenvalue weighted by molar-refractivity contribution is 0.468. The molecule has 2 rings (SSSR count). The van der Waals surface area contributed by atoms with Crippen molar-refractivity contribution in [3.63, 3.8) is 0 Å². The average Bonchev–Trinajstić information content (AvgIpc) is 2.33. The number of nitrogens with two attached hydrogens (primary N) is 1. The molecule has 2 heteroatoms. The molecule has 0 aliphatic carbocycles. The molecule has 82 valence electrons. The van der Waals surface area contributed by atoms with Crippen LogP contribution < -0.4 is 5.73 Å². The molecule has 2 aromatic carbocycles. The zero-order chi connectivity index (χ0) is 11.4. The van der Waals surface area contributed by atoms with Crippen molar-refractivity contribution in [3.8, 4) is 16.9 Å². The van der Waals surface area contributed by atoms with Crippen LogP contribution in [0.5, 0.6) is 5.75 Å². The van der Waals surface area contributed by atoms with E-state index in [0.29, 0.717) is 18.7 Å². The highest BCUT2D eigenvalue weighted by molar-refractivity contribution is 5.65. The largest absolute Gasteiger partial charge is 0.508 e. The average molecular weight is 213 g/mol. The van der Waals surface area contributed by atoms with Gasteiger partial charge in [-0.25, -0.2) is 0 Å². The van der Waals surface area contributed by atoms with E-state index in [-0.39, 0.29) is 0 Å². The molecular formula is C14H15NO. The summed E-state index contributed by atoms with van der Waals surface area (Å²) in [6, 6.07) is 15.8. The maximum Gasteiger partial charge on any atom is 0.118 e. The van der Waals surface area contributed by atoms with Gasteiger partial charge in [0.25, 0.3) is 0 Å². The first kappa shape index (κ1) is 10.7. The van der Waals surface area contributed by atoms with Gasteiger partial charge < -0.3 is 10.8 Å². The van der Waals surface area contributed by atoms with Crippen LogP contribution in [-0.4, -0.2) is 11.7 Å². The Balaban J connectivity index is 2.40. The summed E-state index contributed by atoms with van der Waals surface area (Å²) < 4.78 is 0. The summed E-state index contributed by atoms with van der Waals surface area (Å²) in [5, 5.41) is 9.66. The summed E-state index contributed by atoms with van der Waals surface area (Å²) in [4.78, 5) is 0. The number of rotatable bonds is 3. The summed E-state index contributed by atoms with van der Waals surface area (Å²) in [6.45, 7) is 0.547. The van der Waals surface area contributed by atoms with Crippen molar-refractivity contribution in [2.45, 2.75) is 6.42 Å². The number of hydrogen-bond acceptors (Lipinski definition) is 2. The molecule has 0 atom stereocenters. The highest BCUT2D eigenvalue weighted by Crippen LogP contribution is 2.25. The minimum absolute atomic E-state index is 0.324. The van der Waals surface area contributed by atoms with Crippen LogP contribution in [0.3, 0.4) is 0 Å². The summed E-state index contributed by atoms with van der Waals surface area (Å²) in [6.07, 6.45) is 0.701. The van der Waals surface area contributed by atoms with Gasteiger partial charge in [-0.05, 0) is 41.8 Å². The Morgan fingerprint density at radius 1 is 0.938 bits per heavy atom. The summed E-state index contributed by atoms with van der Waals surface area (Å²) in [5.74, 6) is 0.324. The van der Waals surface area contributed by atoms with Gasteiger partial charge in [-0.2, -0.15) is 0 Å². The molecule has 0 spiro atoms. The third-order valence-corrected chi connectivity index (χ3v) is 2.60. The maximum atomic E-state index is 9.66. The lowest BCUT2D eigenvalue weighted by Crippen LogP contribution is -2.02. The quantitative estimate of drug-likeness (QED) is 0.823. The molecule has 0 aromatic heterocycles. The van der Waals surface area contributed by atoms with E-state index in [0.717, 1.165) is 16.7 Å². The Labute approximate surface area is 95.4 Å². The summed E-state index contributed by atoms with van der Waals surface area (Å²) >= 11 is 0. The topological polar surface area (TPSA) is 46.2 Å². The molecule has 0 bridgehead atoms. The molecule has 0 unspecified atom stereocenters. The maximum absolute atomic E-state index is 9.66. The molecule has 0 aliphatic rings. The lowest BCUT2D eigenvalue weighted by atomic mass is 10.0. The fourth-order valence-electron chi connectivity index (χ4n) is 1.75. The van der Waals surface area contributed by atoms with E-state index in [1.54, 1.807) is 6.07 Å². The van der Waals surface area contributed by atoms with Crippen LogP contribution in [0.25, 0.3) is 11.1 Å². The van der Waals surface area contributed by atoms with E-state index in [1.807, 2.05) is 30.3 Å². The predicted molar refractivity (Wildman–Crippen MR) is 66.3 cm³/mol. The molecule has 16 heavy (non-hydrogen) atoms. The first-order valence-corrected chi connectivity index (χ1v) is 5.38. The molecular weight excluding hydrogens is 198 g/mol. The molecule has 2 aromatic rings. The second-order valence-electron chi connectivity index (χ2n) is 3.75. The third kappa shape index (κ3) is 2.23. The summed E-state index contributed by atoms with van der Waals surface area (Å²) in [5.41, 5.74) is 8.68. The van der Waals surface area contributed by atoms with Gasteiger partial charge in [-0.1, -0.05) is 36.4 Å². The van der Waals surface area contributed by atoms with Crippen molar-refractivity contribution in [1.82, 2.24) is 0 Å². The van der Waals surface area contributed by atoms with Crippen LogP contribution in [0.2, 0.25) is 0 Å². The molecule has 0 heterocycles. The van der Waals surface area contributed by atoms with Crippen molar-refractivity contribution >= 4 is 0 Å². The standard InChI is InChI=1S/C14H15NO/c15-9-8-13-10-12(6-7-14(13)16)11-4-2-1-3-5-11/h1-7,10,16H,8-9,15H2. The van der Waals surface area contributed by atoms with Crippen molar-refractivity contribution < 1.29 is 5.11 Å². The Kier molecular flexibility index (Phi) is 3.22. The van der Waals surface area contributed by atoms with Crippen LogP contribution in [0.1, 0.15) is 5.56 Å². The van der Waals surface area contributed by atoms with Crippen LogP contribution in [-0.2, 0) is 6.42 Å². The smallest absolute Gasteiger partial charge is 0.118 e. The molecule has 2 nitrogen and oxygen atoms in total. The zero-order valence-corrected chi connectivity index (χ0v) is 9.06. The van der Waals surface area contributed by atoms with E-state index in [4.69, 9.17) is 5.73 Å². The van der Waals surface area contributed by atoms with Crippen molar-refractivity contribution in [1.29, 1.82) is 0 Å². The van der Waals surface area contributed by atoms with Crippen molar-refractivity contribution in [2.24, 2.45) is 5.73 Å². The molecule has 0 saturated carbocycles. The van der Waals surface area contributed by atoms with Gasteiger partial charge in [0.05, 0.1) is 0 Å². The van der Waals surface area contributed by atoms with Gasteiger partial charge in [0.15, 0.2) is 0 Å². The molecule has 0 radical (unpaired) electrons. The fraction of sp³-hybridized carbons (Fsp3) is 0.143. The predicted octanol–water partition coefficient (Wildman–Crippen LogP) is 2.56. The van der Waals surface area contributed by atoms with Gasteiger partial charge in [0.2, 0.25) is 0 Å². The van der Waals surface area contributed by atoms with Crippen LogP contribution >= 0.6 is 0 Å². The number of hydrogen-bond donors (Lipinski definition) is 2. The number of phenolic OH excluding ortho intramolecular Hbond substituents is 1. The van der Waals surface area contributed by atoms with Gasteiger partial charge in [0, 0.05) is 0 Å². The van der Waals surface area contributed by atoms with Gasteiger partial charge in [-0.3, -0.25) is 0 Å².